The fourth-order valence-electron chi connectivity index (χ4n) is 4.11. The summed E-state index contributed by atoms with van der Waals surface area (Å²) in [4.78, 5) is 4.34. The van der Waals surface area contributed by atoms with Crippen LogP contribution in [0.25, 0.3) is 11.4 Å². The summed E-state index contributed by atoms with van der Waals surface area (Å²) in [6.45, 7) is 2.82. The first-order valence-corrected chi connectivity index (χ1v) is 11.0. The molecule has 0 amide bonds. The number of aromatic nitrogens is 2. The van der Waals surface area contributed by atoms with Crippen molar-refractivity contribution in [3.8, 4) is 11.4 Å². The Bertz CT molecular complexity index is 903. The number of nitrogens with zero attached hydrogens (tertiary/aromatic N) is 3. The molecule has 2 aromatic rings. The minimum absolute atomic E-state index is 0.133. The van der Waals surface area contributed by atoms with E-state index in [1.807, 2.05) is 0 Å². The molecule has 0 saturated carbocycles. The average Bonchev–Trinajstić information content (AvgIpc) is 3.39. The molecular weight excluding hydrogens is 407 g/mol. The Morgan fingerprint density at radius 2 is 1.90 bits per heavy atom. The van der Waals surface area contributed by atoms with Crippen molar-refractivity contribution in [1.82, 2.24) is 10.1 Å². The van der Waals surface area contributed by atoms with Crippen LogP contribution < -0.4 is 11.5 Å². The van der Waals surface area contributed by atoms with Crippen LogP contribution in [0, 0.1) is 0 Å². The molecule has 1 aliphatic rings. The minimum atomic E-state index is -4.44. The van der Waals surface area contributed by atoms with Gasteiger partial charge in [0.25, 0.3) is 5.89 Å². The third-order valence-electron chi connectivity index (χ3n) is 5.78. The zero-order chi connectivity index (χ0) is 22.4. The molecule has 0 radical (unpaired) electrons. The summed E-state index contributed by atoms with van der Waals surface area (Å²) in [7, 11) is 0. The van der Waals surface area contributed by atoms with Crippen molar-refractivity contribution < 1.29 is 22.3 Å². The summed E-state index contributed by atoms with van der Waals surface area (Å²) in [5.41, 5.74) is 11.4. The number of unbranched alkanes of at least 4 members (excludes halogenated alkanes) is 5. The lowest BCUT2D eigenvalue weighted by Crippen LogP contribution is -2.35. The monoisotopic (exact) mass is 438 g/mol. The molecule has 1 aliphatic heterocycles. The molecule has 170 valence electrons. The molecule has 9 heteroatoms. The lowest BCUT2D eigenvalue weighted by Gasteiger charge is -2.14. The summed E-state index contributed by atoms with van der Waals surface area (Å²) in [5, 5.41) is 3.91. The predicted molar refractivity (Wildman–Crippen MR) is 112 cm³/mol. The number of hydrogen-bond donors (Lipinski definition) is 2. The average molecular weight is 439 g/mol. The molecule has 3 rings (SSSR count). The van der Waals surface area contributed by atoms with E-state index in [0.717, 1.165) is 51.0 Å². The van der Waals surface area contributed by atoms with E-state index >= 15 is 0 Å². The Kier molecular flexibility index (Phi) is 7.56. The number of hydrogen-bond acceptors (Lipinski definition) is 3. The Balaban J connectivity index is 1.77. The van der Waals surface area contributed by atoms with Crippen molar-refractivity contribution >= 4 is 5.96 Å². The van der Waals surface area contributed by atoms with Crippen LogP contribution in [0.5, 0.6) is 0 Å². The molecule has 31 heavy (non-hydrogen) atoms. The standard InChI is InChI=1S/C22H30F3N5O/c1-2-3-4-5-6-7-9-15-11-12-16(14-17(15)22(23,24)25)19-28-20(31-29-19)18-10-8-13-30(18)21(26)27/h11-12,14,18H,2-10,13H2,1H3,(H3,26,27)/p+1/t18-/m0/s1. The van der Waals surface area contributed by atoms with Gasteiger partial charge in [0.1, 0.15) is 0 Å². The van der Waals surface area contributed by atoms with Gasteiger partial charge in [0, 0.05) is 5.56 Å². The molecule has 0 spiro atoms. The molecule has 4 N–H and O–H groups in total. The van der Waals surface area contributed by atoms with E-state index in [0.29, 0.717) is 24.4 Å². The first-order valence-electron chi connectivity index (χ1n) is 11.0. The van der Waals surface area contributed by atoms with Crippen molar-refractivity contribution in [3.05, 3.63) is 35.2 Å². The van der Waals surface area contributed by atoms with Gasteiger partial charge >= 0.3 is 12.1 Å². The van der Waals surface area contributed by atoms with Crippen molar-refractivity contribution in [3.63, 3.8) is 0 Å². The van der Waals surface area contributed by atoms with Crippen molar-refractivity contribution in [2.45, 2.75) is 76.9 Å². The maximum absolute atomic E-state index is 13.7. The van der Waals surface area contributed by atoms with Gasteiger partial charge in [-0.2, -0.15) is 18.2 Å². The van der Waals surface area contributed by atoms with Crippen LogP contribution in [0.4, 0.5) is 13.2 Å². The SMILES string of the molecule is CCCCCCCCc1ccc(-c2noc([C@@H]3CCC[N+]3=C(N)N)n2)cc1C(F)(F)F. The van der Waals surface area contributed by atoms with E-state index in [2.05, 4.69) is 17.1 Å². The molecule has 6 nitrogen and oxygen atoms in total. The number of alkyl halides is 3. The topological polar surface area (TPSA) is 94.0 Å². The minimum Gasteiger partial charge on any atom is -0.335 e. The highest BCUT2D eigenvalue weighted by Crippen LogP contribution is 2.36. The van der Waals surface area contributed by atoms with Gasteiger partial charge in [-0.25, -0.2) is 0 Å². The number of aryl methyl sites for hydroxylation is 1. The summed E-state index contributed by atoms with van der Waals surface area (Å²) in [5.74, 6) is 0.611. The molecule has 0 aliphatic carbocycles. The fraction of sp³-hybridized carbons (Fsp3) is 0.591. The molecule has 2 heterocycles. The zero-order valence-corrected chi connectivity index (χ0v) is 17.9. The highest BCUT2D eigenvalue weighted by molar-refractivity contribution is 5.70. The van der Waals surface area contributed by atoms with Crippen molar-refractivity contribution in [2.24, 2.45) is 11.5 Å². The summed E-state index contributed by atoms with van der Waals surface area (Å²) >= 11 is 0. The van der Waals surface area contributed by atoms with Gasteiger partial charge in [0.15, 0.2) is 6.04 Å². The smallest absolute Gasteiger partial charge is 0.335 e. The van der Waals surface area contributed by atoms with E-state index in [9.17, 15) is 13.2 Å². The quantitative estimate of drug-likeness (QED) is 0.334. The van der Waals surface area contributed by atoms with Crippen LogP contribution in [0.2, 0.25) is 0 Å². The number of nitrogens with two attached hydrogens (primary N) is 2. The highest BCUT2D eigenvalue weighted by atomic mass is 19.4. The Labute approximate surface area is 180 Å². The van der Waals surface area contributed by atoms with E-state index in [1.165, 1.54) is 12.5 Å². The van der Waals surface area contributed by atoms with Crippen LogP contribution in [0.15, 0.2) is 22.7 Å². The van der Waals surface area contributed by atoms with Crippen molar-refractivity contribution in [2.75, 3.05) is 6.54 Å². The molecule has 0 bridgehead atoms. The predicted octanol–water partition coefficient (Wildman–Crippen LogP) is 4.78. The number of halogens is 3. The summed E-state index contributed by atoms with van der Waals surface area (Å²) in [6, 6.07) is 4.04. The van der Waals surface area contributed by atoms with Crippen LogP contribution in [0.3, 0.4) is 0 Å². The number of rotatable bonds is 9. The van der Waals surface area contributed by atoms with E-state index < -0.39 is 11.7 Å². The van der Waals surface area contributed by atoms with E-state index in [1.54, 1.807) is 10.6 Å². The highest BCUT2D eigenvalue weighted by Gasteiger charge is 2.35. The maximum Gasteiger partial charge on any atom is 0.416 e. The first-order chi connectivity index (χ1) is 14.8. The summed E-state index contributed by atoms with van der Waals surface area (Å²) < 4.78 is 48.2. The normalized spacial score (nSPS) is 16.8. The lowest BCUT2D eigenvalue weighted by molar-refractivity contribution is -0.555. The van der Waals surface area contributed by atoms with Gasteiger partial charge in [-0.15, -0.1) is 0 Å². The largest absolute Gasteiger partial charge is 0.416 e. The molecular formula is C22H31F3N5O+. The second-order valence-electron chi connectivity index (χ2n) is 8.12. The molecule has 1 fully saturated rings. The van der Waals surface area contributed by atoms with Gasteiger partial charge in [0.05, 0.1) is 12.1 Å². The van der Waals surface area contributed by atoms with Gasteiger partial charge in [-0.05, 0) is 37.3 Å². The van der Waals surface area contributed by atoms with Crippen LogP contribution in [-0.4, -0.2) is 27.2 Å². The van der Waals surface area contributed by atoms with E-state index in [-0.39, 0.29) is 23.4 Å². The Morgan fingerprint density at radius 3 is 2.61 bits per heavy atom. The van der Waals surface area contributed by atoms with Crippen LogP contribution in [0.1, 0.15) is 81.3 Å². The Morgan fingerprint density at radius 1 is 1.16 bits per heavy atom. The molecule has 1 aromatic heterocycles. The number of benzene rings is 1. The Hall–Kier alpha value is -2.58. The van der Waals surface area contributed by atoms with Crippen LogP contribution in [-0.2, 0) is 12.6 Å². The van der Waals surface area contributed by atoms with E-state index in [4.69, 9.17) is 16.0 Å². The van der Waals surface area contributed by atoms with Gasteiger partial charge in [0.2, 0.25) is 5.82 Å². The molecule has 1 atom stereocenters. The third-order valence-corrected chi connectivity index (χ3v) is 5.78. The first kappa shape index (κ1) is 23.1. The molecule has 0 unspecified atom stereocenters. The lowest BCUT2D eigenvalue weighted by atomic mass is 9.97. The number of guanidine groups is 1. The zero-order valence-electron chi connectivity index (χ0n) is 17.9. The third kappa shape index (κ3) is 5.77. The maximum atomic E-state index is 13.7. The van der Waals surface area contributed by atoms with Gasteiger partial charge in [-0.1, -0.05) is 56.3 Å². The van der Waals surface area contributed by atoms with Crippen molar-refractivity contribution in [1.29, 1.82) is 0 Å². The molecule has 1 saturated heterocycles. The second-order valence-corrected chi connectivity index (χ2v) is 8.12. The second kappa shape index (κ2) is 10.2. The van der Waals surface area contributed by atoms with Crippen LogP contribution >= 0.6 is 0 Å². The summed E-state index contributed by atoms with van der Waals surface area (Å²) in [6.07, 6.45) is 3.76. The van der Waals surface area contributed by atoms with Gasteiger partial charge < -0.3 is 4.52 Å². The fourth-order valence-corrected chi connectivity index (χ4v) is 4.11. The molecule has 1 aromatic carbocycles. The van der Waals surface area contributed by atoms with Gasteiger partial charge in [-0.3, -0.25) is 16.0 Å².